The third-order valence-corrected chi connectivity index (χ3v) is 4.30. The molecule has 0 unspecified atom stereocenters. The predicted octanol–water partition coefficient (Wildman–Crippen LogP) is 2.63. The molecule has 0 aliphatic heterocycles. The summed E-state index contributed by atoms with van der Waals surface area (Å²) in [5.41, 5.74) is -0.231. The van der Waals surface area contributed by atoms with Crippen molar-refractivity contribution in [3.8, 4) is 0 Å². The Balaban J connectivity index is 1.83. The van der Waals surface area contributed by atoms with Crippen LogP contribution >= 0.6 is 23.4 Å². The third kappa shape index (κ3) is 4.65. The van der Waals surface area contributed by atoms with E-state index in [-0.39, 0.29) is 18.1 Å². The first-order valence-corrected chi connectivity index (χ1v) is 8.37. The number of halogens is 2. The average Bonchev–Trinajstić information content (AvgIpc) is 2.56. The highest BCUT2D eigenvalue weighted by Gasteiger charge is 2.18. The molecule has 0 spiro atoms. The second kappa shape index (κ2) is 8.60. The molecule has 2 aromatic rings. The normalized spacial score (nSPS) is 10.4. The summed E-state index contributed by atoms with van der Waals surface area (Å²) in [6, 6.07) is 4.49. The van der Waals surface area contributed by atoms with Gasteiger partial charge in [0.15, 0.2) is 11.4 Å². The number of thioether (sulfide) groups is 1. The lowest BCUT2D eigenvalue weighted by molar-refractivity contribution is 0.0683. The van der Waals surface area contributed by atoms with Crippen molar-refractivity contribution in [1.82, 2.24) is 15.3 Å². The van der Waals surface area contributed by atoms with E-state index in [0.717, 1.165) is 0 Å². The maximum Gasteiger partial charge on any atom is 0.356 e. The monoisotopic (exact) mass is 369 g/mol. The summed E-state index contributed by atoms with van der Waals surface area (Å²) < 4.78 is 13.6. The van der Waals surface area contributed by atoms with Crippen LogP contribution in [0.25, 0.3) is 0 Å². The highest BCUT2D eigenvalue weighted by Crippen LogP contribution is 2.23. The fourth-order valence-electron chi connectivity index (χ4n) is 1.83. The maximum atomic E-state index is 13.6. The Labute approximate surface area is 146 Å². The van der Waals surface area contributed by atoms with Crippen molar-refractivity contribution < 1.29 is 19.1 Å². The molecule has 2 rings (SSSR count). The number of nitrogens with zero attached hydrogens (tertiary/aromatic N) is 2. The van der Waals surface area contributed by atoms with Crippen LogP contribution in [0.3, 0.4) is 0 Å². The molecule has 1 heterocycles. The average molecular weight is 370 g/mol. The van der Waals surface area contributed by atoms with E-state index < -0.39 is 17.6 Å². The molecule has 0 atom stereocenters. The van der Waals surface area contributed by atoms with Crippen LogP contribution in [-0.2, 0) is 5.75 Å². The molecule has 6 nitrogen and oxygen atoms in total. The number of nitrogens with one attached hydrogen (secondary N) is 1. The van der Waals surface area contributed by atoms with E-state index in [0.29, 0.717) is 22.1 Å². The molecule has 2 N–H and O–H groups in total. The predicted molar refractivity (Wildman–Crippen MR) is 88.9 cm³/mol. The SMILES string of the molecule is O=C(O)c1nccnc1C(=O)NCCSCc1c(F)cccc1Cl. The van der Waals surface area contributed by atoms with Crippen molar-refractivity contribution in [2.24, 2.45) is 0 Å². The first-order valence-electron chi connectivity index (χ1n) is 6.84. The van der Waals surface area contributed by atoms with Crippen LogP contribution in [0.5, 0.6) is 0 Å². The molecule has 0 aliphatic rings. The molecule has 0 bridgehead atoms. The van der Waals surface area contributed by atoms with E-state index in [2.05, 4.69) is 15.3 Å². The Morgan fingerprint density at radius 3 is 2.62 bits per heavy atom. The maximum absolute atomic E-state index is 13.6. The van der Waals surface area contributed by atoms with Crippen molar-refractivity contribution in [1.29, 1.82) is 0 Å². The summed E-state index contributed by atoms with van der Waals surface area (Å²) in [7, 11) is 0. The van der Waals surface area contributed by atoms with Gasteiger partial charge in [0.1, 0.15) is 5.82 Å². The van der Waals surface area contributed by atoms with E-state index in [1.54, 1.807) is 6.07 Å². The van der Waals surface area contributed by atoms with Gasteiger partial charge in [-0.1, -0.05) is 17.7 Å². The van der Waals surface area contributed by atoms with Crippen LogP contribution < -0.4 is 5.32 Å². The van der Waals surface area contributed by atoms with Crippen LogP contribution in [-0.4, -0.2) is 39.2 Å². The summed E-state index contributed by atoms with van der Waals surface area (Å²) in [5, 5.41) is 11.9. The van der Waals surface area contributed by atoms with Gasteiger partial charge in [0, 0.05) is 41.0 Å². The molecule has 24 heavy (non-hydrogen) atoms. The zero-order chi connectivity index (χ0) is 17.5. The minimum atomic E-state index is -1.32. The van der Waals surface area contributed by atoms with Crippen molar-refractivity contribution in [3.63, 3.8) is 0 Å². The largest absolute Gasteiger partial charge is 0.476 e. The quantitative estimate of drug-likeness (QED) is 0.729. The number of rotatable bonds is 7. The Hall–Kier alpha value is -2.19. The van der Waals surface area contributed by atoms with Crippen LogP contribution in [0.2, 0.25) is 5.02 Å². The van der Waals surface area contributed by atoms with Gasteiger partial charge in [-0.15, -0.1) is 0 Å². The molecule has 1 aromatic heterocycles. The van der Waals surface area contributed by atoms with Gasteiger partial charge in [0.25, 0.3) is 5.91 Å². The molecule has 126 valence electrons. The molecule has 0 saturated heterocycles. The summed E-state index contributed by atoms with van der Waals surface area (Å²) in [4.78, 5) is 30.3. The number of amides is 1. The highest BCUT2D eigenvalue weighted by atomic mass is 35.5. The van der Waals surface area contributed by atoms with Gasteiger partial charge in [0.2, 0.25) is 0 Å². The molecule has 1 amide bonds. The van der Waals surface area contributed by atoms with Crippen molar-refractivity contribution >= 4 is 35.2 Å². The lowest BCUT2D eigenvalue weighted by Gasteiger charge is -2.07. The van der Waals surface area contributed by atoms with E-state index in [9.17, 15) is 14.0 Å². The standard InChI is InChI=1S/C15H13ClFN3O3S/c16-10-2-1-3-11(17)9(10)8-24-7-6-20-14(21)12-13(15(22)23)19-5-4-18-12/h1-5H,6-8H2,(H,20,21)(H,22,23). The number of carbonyl (C=O) groups is 2. The molecular formula is C15H13ClFN3O3S. The minimum Gasteiger partial charge on any atom is -0.476 e. The number of carboxylic acid groups (broad SMARTS) is 1. The molecular weight excluding hydrogens is 357 g/mol. The first-order chi connectivity index (χ1) is 11.5. The lowest BCUT2D eigenvalue weighted by Crippen LogP contribution is -2.29. The Bertz CT molecular complexity index is 740. The van der Waals surface area contributed by atoms with Gasteiger partial charge in [-0.05, 0) is 12.1 Å². The van der Waals surface area contributed by atoms with Gasteiger partial charge >= 0.3 is 5.97 Å². The van der Waals surface area contributed by atoms with Gasteiger partial charge in [0.05, 0.1) is 0 Å². The first kappa shape index (κ1) is 18.2. The molecule has 0 radical (unpaired) electrons. The minimum absolute atomic E-state index is 0.243. The lowest BCUT2D eigenvalue weighted by atomic mass is 10.2. The summed E-state index contributed by atoms with van der Waals surface area (Å²) in [6.45, 7) is 0.269. The van der Waals surface area contributed by atoms with Crippen LogP contribution in [0.15, 0.2) is 30.6 Å². The molecule has 1 aromatic carbocycles. The highest BCUT2D eigenvalue weighted by molar-refractivity contribution is 7.98. The van der Waals surface area contributed by atoms with Crippen molar-refractivity contribution in [3.05, 3.63) is 58.4 Å². The summed E-state index contributed by atoms with van der Waals surface area (Å²) >= 11 is 7.32. The van der Waals surface area contributed by atoms with E-state index >= 15 is 0 Å². The molecule has 0 fully saturated rings. The molecule has 0 aliphatic carbocycles. The van der Waals surface area contributed by atoms with Gasteiger partial charge in [-0.25, -0.2) is 19.2 Å². The third-order valence-electron chi connectivity index (χ3n) is 2.96. The number of hydrogen-bond donors (Lipinski definition) is 2. The Morgan fingerprint density at radius 1 is 1.25 bits per heavy atom. The smallest absolute Gasteiger partial charge is 0.356 e. The zero-order valence-electron chi connectivity index (χ0n) is 12.3. The second-order valence-corrected chi connectivity index (χ2v) is 6.08. The van der Waals surface area contributed by atoms with Crippen LogP contribution in [0.1, 0.15) is 26.5 Å². The van der Waals surface area contributed by atoms with E-state index in [4.69, 9.17) is 16.7 Å². The Morgan fingerprint density at radius 2 is 1.96 bits per heavy atom. The van der Waals surface area contributed by atoms with Gasteiger partial charge < -0.3 is 10.4 Å². The number of carboxylic acids is 1. The van der Waals surface area contributed by atoms with Crippen LogP contribution in [0.4, 0.5) is 4.39 Å². The fourth-order valence-corrected chi connectivity index (χ4v) is 3.02. The number of aromatic carboxylic acids is 1. The zero-order valence-corrected chi connectivity index (χ0v) is 13.9. The fraction of sp³-hybridized carbons (Fsp3) is 0.200. The molecule has 0 saturated carbocycles. The van der Waals surface area contributed by atoms with Gasteiger partial charge in [-0.2, -0.15) is 11.8 Å². The van der Waals surface area contributed by atoms with Crippen LogP contribution in [0, 0.1) is 5.82 Å². The number of hydrogen-bond acceptors (Lipinski definition) is 5. The van der Waals surface area contributed by atoms with Crippen molar-refractivity contribution in [2.75, 3.05) is 12.3 Å². The number of benzene rings is 1. The van der Waals surface area contributed by atoms with Gasteiger partial charge in [-0.3, -0.25) is 4.79 Å². The van der Waals surface area contributed by atoms with E-state index in [1.165, 1.54) is 36.3 Å². The van der Waals surface area contributed by atoms with Crippen molar-refractivity contribution in [2.45, 2.75) is 5.75 Å². The van der Waals surface area contributed by atoms with E-state index in [1.807, 2.05) is 0 Å². The molecule has 9 heteroatoms. The second-order valence-electron chi connectivity index (χ2n) is 4.57. The summed E-state index contributed by atoms with van der Waals surface area (Å²) in [6.07, 6.45) is 2.45. The topological polar surface area (TPSA) is 92.2 Å². The Kier molecular flexibility index (Phi) is 6.51. The summed E-state index contributed by atoms with van der Waals surface area (Å²) in [5.74, 6) is -1.45. The number of carbonyl (C=O) groups excluding carboxylic acids is 1. The number of aromatic nitrogens is 2.